The van der Waals surface area contributed by atoms with Crippen LogP contribution in [0, 0.1) is 0 Å². The lowest BCUT2D eigenvalue weighted by Crippen LogP contribution is -2.50. The number of methoxy groups -OCH3 is 3. The summed E-state index contributed by atoms with van der Waals surface area (Å²) in [6, 6.07) is 3.04. The van der Waals surface area contributed by atoms with Gasteiger partial charge < -0.3 is 18.9 Å². The first-order chi connectivity index (χ1) is 10.6. The Bertz CT molecular complexity index is 617. The highest BCUT2D eigenvalue weighted by atomic mass is 16.7. The highest BCUT2D eigenvalue weighted by Gasteiger charge is 2.47. The summed E-state index contributed by atoms with van der Waals surface area (Å²) in [5.74, 6) is -0.682. The molecule has 0 bridgehead atoms. The molecule has 1 aromatic rings. The van der Waals surface area contributed by atoms with Crippen LogP contribution in [0.3, 0.4) is 0 Å². The van der Waals surface area contributed by atoms with Gasteiger partial charge in [0, 0.05) is 32.5 Å². The molecule has 0 amide bonds. The molecule has 0 saturated carbocycles. The summed E-state index contributed by atoms with van der Waals surface area (Å²) in [5.41, 5.74) is 1.07. The lowest BCUT2D eigenvalue weighted by molar-refractivity contribution is -0.256. The maximum Gasteiger partial charge on any atom is 0.264 e. The largest absolute Gasteiger partial charge is 0.495 e. The third-order valence-corrected chi connectivity index (χ3v) is 3.45. The number of H-pyrrole nitrogens is 1. The second kappa shape index (κ2) is 6.87. The Hall–Kier alpha value is -1.96. The third-order valence-electron chi connectivity index (χ3n) is 3.45. The third kappa shape index (κ3) is 2.83. The molecule has 0 spiro atoms. The molecule has 1 heterocycles. The number of nitrogens with zero attached hydrogens (tertiary/aromatic N) is 1. The standard InChI is InChI=1S/C15H20N2O5/c1-5-22-15(21-4)12(19-2)8-10(9-13(15)20-3)11-6-7-14(18)17-16-11/h6-9,12H,5H2,1-4H3,(H,17,18). The fraction of sp³-hybridized carbons (Fsp3) is 0.467. The van der Waals surface area contributed by atoms with E-state index in [0.717, 1.165) is 5.57 Å². The summed E-state index contributed by atoms with van der Waals surface area (Å²) in [6.07, 6.45) is 3.05. The van der Waals surface area contributed by atoms with Crippen molar-refractivity contribution in [3.8, 4) is 0 Å². The molecule has 2 rings (SSSR count). The molecule has 2 atom stereocenters. The number of rotatable bonds is 6. The monoisotopic (exact) mass is 308 g/mol. The van der Waals surface area contributed by atoms with Gasteiger partial charge in [-0.2, -0.15) is 5.10 Å². The molecule has 7 heteroatoms. The summed E-state index contributed by atoms with van der Waals surface area (Å²) < 4.78 is 22.3. The fourth-order valence-electron chi connectivity index (χ4n) is 2.44. The van der Waals surface area contributed by atoms with E-state index in [9.17, 15) is 4.79 Å². The van der Waals surface area contributed by atoms with Gasteiger partial charge in [-0.05, 0) is 25.1 Å². The number of ether oxygens (including phenoxy) is 4. The zero-order chi connectivity index (χ0) is 16.2. The second-order valence-corrected chi connectivity index (χ2v) is 4.60. The van der Waals surface area contributed by atoms with Crippen LogP contribution < -0.4 is 5.56 Å². The number of hydrogen-bond acceptors (Lipinski definition) is 6. The highest BCUT2D eigenvalue weighted by Crippen LogP contribution is 2.37. The van der Waals surface area contributed by atoms with Crippen molar-refractivity contribution >= 4 is 5.57 Å². The van der Waals surface area contributed by atoms with Gasteiger partial charge in [-0.3, -0.25) is 4.79 Å². The van der Waals surface area contributed by atoms with Gasteiger partial charge in [0.25, 0.3) is 11.3 Å². The molecule has 7 nitrogen and oxygen atoms in total. The number of aromatic amines is 1. The number of nitrogens with one attached hydrogen (secondary N) is 1. The molecule has 0 saturated heterocycles. The Morgan fingerprint density at radius 1 is 1.32 bits per heavy atom. The van der Waals surface area contributed by atoms with Crippen molar-refractivity contribution < 1.29 is 18.9 Å². The number of aromatic nitrogens is 2. The van der Waals surface area contributed by atoms with E-state index in [1.54, 1.807) is 19.3 Å². The molecule has 1 N–H and O–H groups in total. The quantitative estimate of drug-likeness (QED) is 0.792. The van der Waals surface area contributed by atoms with Crippen molar-refractivity contribution in [2.75, 3.05) is 27.9 Å². The van der Waals surface area contributed by atoms with E-state index in [1.807, 2.05) is 13.0 Å². The minimum atomic E-state index is -1.15. The Morgan fingerprint density at radius 2 is 2.09 bits per heavy atom. The van der Waals surface area contributed by atoms with Crippen LogP contribution in [0.15, 0.2) is 34.8 Å². The van der Waals surface area contributed by atoms with Crippen LogP contribution >= 0.6 is 0 Å². The van der Waals surface area contributed by atoms with Crippen molar-refractivity contribution in [3.63, 3.8) is 0 Å². The normalized spacial score (nSPS) is 24.6. The molecule has 1 aromatic heterocycles. The second-order valence-electron chi connectivity index (χ2n) is 4.60. The minimum absolute atomic E-state index is 0.264. The molecule has 0 aromatic carbocycles. The van der Waals surface area contributed by atoms with Crippen LogP contribution in [0.2, 0.25) is 0 Å². The summed E-state index contributed by atoms with van der Waals surface area (Å²) in [5, 5.41) is 6.42. The molecular weight excluding hydrogens is 288 g/mol. The average Bonchev–Trinajstić information content (AvgIpc) is 2.55. The first-order valence-corrected chi connectivity index (χ1v) is 6.87. The van der Waals surface area contributed by atoms with Crippen molar-refractivity contribution in [2.24, 2.45) is 0 Å². The van der Waals surface area contributed by atoms with Crippen LogP contribution in [0.5, 0.6) is 0 Å². The van der Waals surface area contributed by atoms with Crippen LogP contribution in [0.25, 0.3) is 5.57 Å². The average molecular weight is 308 g/mol. The topological polar surface area (TPSA) is 82.7 Å². The smallest absolute Gasteiger partial charge is 0.264 e. The maximum atomic E-state index is 11.1. The van der Waals surface area contributed by atoms with Crippen LogP contribution in [0.4, 0.5) is 0 Å². The van der Waals surface area contributed by atoms with Gasteiger partial charge in [-0.15, -0.1) is 0 Å². The van der Waals surface area contributed by atoms with E-state index in [-0.39, 0.29) is 5.56 Å². The molecule has 1 aliphatic rings. The van der Waals surface area contributed by atoms with Gasteiger partial charge in [0.1, 0.15) is 6.10 Å². The van der Waals surface area contributed by atoms with E-state index in [0.29, 0.717) is 18.1 Å². The lowest BCUT2D eigenvalue weighted by atomic mass is 9.94. The Morgan fingerprint density at radius 3 is 2.59 bits per heavy atom. The molecule has 0 radical (unpaired) electrons. The van der Waals surface area contributed by atoms with Crippen LogP contribution in [-0.2, 0) is 18.9 Å². The molecule has 120 valence electrons. The highest BCUT2D eigenvalue weighted by molar-refractivity contribution is 5.74. The van der Waals surface area contributed by atoms with E-state index >= 15 is 0 Å². The number of allylic oxidation sites excluding steroid dienone is 2. The van der Waals surface area contributed by atoms with E-state index in [2.05, 4.69) is 10.2 Å². The van der Waals surface area contributed by atoms with Crippen molar-refractivity contribution in [1.29, 1.82) is 0 Å². The van der Waals surface area contributed by atoms with Gasteiger partial charge in [0.2, 0.25) is 0 Å². The molecule has 2 unspecified atom stereocenters. The van der Waals surface area contributed by atoms with Gasteiger partial charge in [0.15, 0.2) is 5.76 Å². The van der Waals surface area contributed by atoms with E-state index in [4.69, 9.17) is 18.9 Å². The minimum Gasteiger partial charge on any atom is -0.495 e. The lowest BCUT2D eigenvalue weighted by Gasteiger charge is -2.39. The predicted molar refractivity (Wildman–Crippen MR) is 80.1 cm³/mol. The zero-order valence-corrected chi connectivity index (χ0v) is 13.1. The predicted octanol–water partition coefficient (Wildman–Crippen LogP) is 1.09. The van der Waals surface area contributed by atoms with Gasteiger partial charge in [0.05, 0.1) is 12.8 Å². The SMILES string of the molecule is CCOC1(OC)C(OC)=CC(c2ccc(=O)[nH]n2)=CC1OC. The summed E-state index contributed by atoms with van der Waals surface area (Å²) in [7, 11) is 4.63. The van der Waals surface area contributed by atoms with Gasteiger partial charge >= 0.3 is 0 Å². The molecular formula is C15H20N2O5. The first kappa shape index (κ1) is 16.4. The molecule has 1 aliphatic carbocycles. The van der Waals surface area contributed by atoms with Crippen molar-refractivity contribution in [1.82, 2.24) is 10.2 Å². The summed E-state index contributed by atoms with van der Waals surface area (Å²) >= 11 is 0. The van der Waals surface area contributed by atoms with Gasteiger partial charge in [-0.1, -0.05) is 0 Å². The van der Waals surface area contributed by atoms with Crippen LogP contribution in [0.1, 0.15) is 12.6 Å². The first-order valence-electron chi connectivity index (χ1n) is 6.87. The maximum absolute atomic E-state index is 11.1. The fourth-order valence-corrected chi connectivity index (χ4v) is 2.44. The molecule has 0 aliphatic heterocycles. The Labute approximate surface area is 128 Å². The summed E-state index contributed by atoms with van der Waals surface area (Å²) in [6.45, 7) is 2.29. The Kier molecular flexibility index (Phi) is 5.12. The van der Waals surface area contributed by atoms with E-state index in [1.165, 1.54) is 20.3 Å². The molecule has 22 heavy (non-hydrogen) atoms. The van der Waals surface area contributed by atoms with Crippen molar-refractivity contribution in [3.05, 3.63) is 46.1 Å². The van der Waals surface area contributed by atoms with Crippen LogP contribution in [-0.4, -0.2) is 50.0 Å². The van der Waals surface area contributed by atoms with Gasteiger partial charge in [-0.25, -0.2) is 5.10 Å². The number of hydrogen-bond donors (Lipinski definition) is 1. The zero-order valence-electron chi connectivity index (χ0n) is 13.1. The van der Waals surface area contributed by atoms with Crippen molar-refractivity contribution in [2.45, 2.75) is 18.8 Å². The Balaban J connectivity index is 2.49. The molecule has 0 fully saturated rings. The van der Waals surface area contributed by atoms with E-state index < -0.39 is 11.9 Å². The summed E-state index contributed by atoms with van der Waals surface area (Å²) in [4.78, 5) is 11.1.